The van der Waals surface area contributed by atoms with Gasteiger partial charge in [0.05, 0.1) is 13.3 Å². The van der Waals surface area contributed by atoms with Crippen molar-refractivity contribution >= 4 is 0 Å². The van der Waals surface area contributed by atoms with Gasteiger partial charge in [-0.05, 0) is 20.9 Å². The van der Waals surface area contributed by atoms with Crippen LogP contribution in [-0.2, 0) is 0 Å². The molecular formula is C12H19N5O. The molecule has 0 aliphatic heterocycles. The summed E-state index contributed by atoms with van der Waals surface area (Å²) >= 11 is 0. The summed E-state index contributed by atoms with van der Waals surface area (Å²) in [6, 6.07) is 0.189. The van der Waals surface area contributed by atoms with Crippen LogP contribution in [0.5, 0.6) is 5.75 Å². The molecule has 98 valence electrons. The van der Waals surface area contributed by atoms with E-state index in [0.29, 0.717) is 0 Å². The van der Waals surface area contributed by atoms with Gasteiger partial charge in [0.25, 0.3) is 0 Å². The lowest BCUT2D eigenvalue weighted by molar-refractivity contribution is 0.394. The first kappa shape index (κ1) is 12.6. The second kappa shape index (κ2) is 5.22. The van der Waals surface area contributed by atoms with Gasteiger partial charge in [0.15, 0.2) is 5.75 Å². The molecule has 0 saturated carbocycles. The van der Waals surface area contributed by atoms with Gasteiger partial charge < -0.3 is 15.0 Å². The maximum atomic E-state index is 5.39. The molecule has 0 aromatic carbocycles. The molecule has 2 heterocycles. The van der Waals surface area contributed by atoms with E-state index >= 15 is 0 Å². The zero-order chi connectivity index (χ0) is 13.1. The highest BCUT2D eigenvalue weighted by atomic mass is 16.5. The Kier molecular flexibility index (Phi) is 3.66. The van der Waals surface area contributed by atoms with Crippen LogP contribution in [0.4, 0.5) is 0 Å². The van der Waals surface area contributed by atoms with Gasteiger partial charge in [-0.2, -0.15) is 5.10 Å². The second-order valence-corrected chi connectivity index (χ2v) is 4.33. The van der Waals surface area contributed by atoms with Crippen LogP contribution in [0.1, 0.15) is 37.4 Å². The first-order valence-electron chi connectivity index (χ1n) is 5.97. The molecule has 0 aliphatic carbocycles. The largest absolute Gasteiger partial charge is 0.493 e. The lowest BCUT2D eigenvalue weighted by atomic mass is 10.1. The number of hydrogen-bond donors (Lipinski definition) is 2. The third kappa shape index (κ3) is 2.11. The minimum absolute atomic E-state index is 0.0696. The van der Waals surface area contributed by atoms with Crippen molar-refractivity contribution in [1.82, 2.24) is 25.1 Å². The fourth-order valence-corrected chi connectivity index (χ4v) is 2.04. The molecule has 0 bridgehead atoms. The third-order valence-corrected chi connectivity index (χ3v) is 2.86. The molecule has 6 heteroatoms. The second-order valence-electron chi connectivity index (χ2n) is 4.33. The van der Waals surface area contributed by atoms with E-state index in [1.165, 1.54) is 0 Å². The average molecular weight is 249 g/mol. The van der Waals surface area contributed by atoms with E-state index in [9.17, 15) is 0 Å². The normalized spacial score (nSPS) is 12.9. The first-order valence-corrected chi connectivity index (χ1v) is 5.97. The van der Waals surface area contributed by atoms with Crippen molar-refractivity contribution in [3.63, 3.8) is 0 Å². The van der Waals surface area contributed by atoms with Crippen molar-refractivity contribution in [3.8, 4) is 5.75 Å². The summed E-state index contributed by atoms with van der Waals surface area (Å²) in [7, 11) is 3.55. The Balaban J connectivity index is 2.50. The molecule has 0 aliphatic rings. The number of methoxy groups -OCH3 is 1. The maximum Gasteiger partial charge on any atom is 0.162 e. The Hall–Kier alpha value is -1.82. The number of rotatable bonds is 5. The molecule has 2 aromatic heterocycles. The molecule has 0 fully saturated rings. The molecule has 2 rings (SSSR count). The minimum Gasteiger partial charge on any atom is -0.493 e. The van der Waals surface area contributed by atoms with Gasteiger partial charge in [0.2, 0.25) is 0 Å². The van der Waals surface area contributed by atoms with E-state index in [-0.39, 0.29) is 12.1 Å². The highest BCUT2D eigenvalue weighted by Crippen LogP contribution is 2.29. The Morgan fingerprint density at radius 1 is 1.44 bits per heavy atom. The molecule has 2 aromatic rings. The predicted molar refractivity (Wildman–Crippen MR) is 68.7 cm³/mol. The molecule has 0 saturated heterocycles. The topological polar surface area (TPSA) is 67.8 Å². The van der Waals surface area contributed by atoms with Gasteiger partial charge in [-0.1, -0.05) is 0 Å². The Morgan fingerprint density at radius 3 is 2.72 bits per heavy atom. The van der Waals surface area contributed by atoms with Gasteiger partial charge in [0, 0.05) is 18.4 Å². The number of nitrogens with zero attached hydrogens (tertiary/aromatic N) is 3. The monoisotopic (exact) mass is 249 g/mol. The summed E-state index contributed by atoms with van der Waals surface area (Å²) in [5.74, 6) is 1.61. The van der Waals surface area contributed by atoms with Crippen LogP contribution in [0.3, 0.4) is 0 Å². The Morgan fingerprint density at radius 2 is 2.22 bits per heavy atom. The molecule has 1 unspecified atom stereocenters. The van der Waals surface area contributed by atoms with E-state index in [0.717, 1.165) is 17.3 Å². The van der Waals surface area contributed by atoms with Crippen LogP contribution in [0.15, 0.2) is 18.6 Å². The van der Waals surface area contributed by atoms with E-state index in [4.69, 9.17) is 4.74 Å². The lowest BCUT2D eigenvalue weighted by Gasteiger charge is -2.19. The van der Waals surface area contributed by atoms with Crippen molar-refractivity contribution in [2.24, 2.45) is 0 Å². The molecule has 6 nitrogen and oxygen atoms in total. The van der Waals surface area contributed by atoms with Crippen molar-refractivity contribution < 1.29 is 4.74 Å². The summed E-state index contributed by atoms with van der Waals surface area (Å²) in [6.45, 7) is 4.18. The summed E-state index contributed by atoms with van der Waals surface area (Å²) in [6.07, 6.45) is 5.28. The maximum absolute atomic E-state index is 5.39. The number of aromatic amines is 1. The molecular weight excluding hydrogens is 230 g/mol. The van der Waals surface area contributed by atoms with Crippen LogP contribution in [0.25, 0.3) is 0 Å². The fraction of sp³-hybridized carbons (Fsp3) is 0.500. The van der Waals surface area contributed by atoms with Gasteiger partial charge in [-0.15, -0.1) is 0 Å². The van der Waals surface area contributed by atoms with Gasteiger partial charge in [-0.3, -0.25) is 4.68 Å². The van der Waals surface area contributed by atoms with Gasteiger partial charge in [0.1, 0.15) is 17.6 Å². The van der Waals surface area contributed by atoms with Crippen molar-refractivity contribution in [2.75, 3.05) is 14.2 Å². The predicted octanol–water partition coefficient (Wildman–Crippen LogP) is 1.50. The molecule has 0 radical (unpaired) electrons. The van der Waals surface area contributed by atoms with Crippen LogP contribution in [-0.4, -0.2) is 33.9 Å². The van der Waals surface area contributed by atoms with Crippen LogP contribution in [0.2, 0.25) is 0 Å². The van der Waals surface area contributed by atoms with Crippen LogP contribution >= 0.6 is 0 Å². The number of hydrogen-bond acceptors (Lipinski definition) is 4. The van der Waals surface area contributed by atoms with Crippen LogP contribution in [0, 0.1) is 0 Å². The number of H-pyrrole nitrogens is 1. The van der Waals surface area contributed by atoms with Crippen molar-refractivity contribution in [1.29, 1.82) is 0 Å². The summed E-state index contributed by atoms with van der Waals surface area (Å²) in [4.78, 5) is 7.43. The van der Waals surface area contributed by atoms with E-state index in [1.807, 2.05) is 17.9 Å². The molecule has 0 spiro atoms. The SMILES string of the molecule is CNC(c1ncc[nH]1)c1c(OC)cnn1C(C)C. The number of imidazole rings is 1. The Labute approximate surface area is 106 Å². The molecule has 0 amide bonds. The summed E-state index contributed by atoms with van der Waals surface area (Å²) in [5.41, 5.74) is 0.977. The van der Waals surface area contributed by atoms with Gasteiger partial charge in [-0.25, -0.2) is 4.98 Å². The highest BCUT2D eigenvalue weighted by molar-refractivity contribution is 5.32. The summed E-state index contributed by atoms with van der Waals surface area (Å²) in [5, 5.41) is 7.62. The third-order valence-electron chi connectivity index (χ3n) is 2.86. The standard InChI is InChI=1S/C12H19N5O/c1-8(2)17-11(9(18-4)7-16-17)10(13-3)12-14-5-6-15-12/h5-8,10,13H,1-4H3,(H,14,15). The first-order chi connectivity index (χ1) is 8.69. The average Bonchev–Trinajstić information content (AvgIpc) is 2.99. The van der Waals surface area contributed by atoms with E-state index in [1.54, 1.807) is 19.5 Å². The molecule has 2 N–H and O–H groups in total. The lowest BCUT2D eigenvalue weighted by Crippen LogP contribution is -2.24. The van der Waals surface area contributed by atoms with Crippen LogP contribution < -0.4 is 10.1 Å². The van der Waals surface area contributed by atoms with Crippen molar-refractivity contribution in [3.05, 3.63) is 30.1 Å². The number of ether oxygens (including phenoxy) is 1. The zero-order valence-electron chi connectivity index (χ0n) is 11.1. The number of aromatic nitrogens is 4. The quantitative estimate of drug-likeness (QED) is 0.842. The van der Waals surface area contributed by atoms with Gasteiger partial charge >= 0.3 is 0 Å². The fourth-order valence-electron chi connectivity index (χ4n) is 2.04. The molecule has 18 heavy (non-hydrogen) atoms. The zero-order valence-corrected chi connectivity index (χ0v) is 11.1. The Bertz CT molecular complexity index is 489. The smallest absolute Gasteiger partial charge is 0.162 e. The van der Waals surface area contributed by atoms with E-state index in [2.05, 4.69) is 34.2 Å². The minimum atomic E-state index is -0.0696. The highest BCUT2D eigenvalue weighted by Gasteiger charge is 2.25. The number of nitrogens with one attached hydrogen (secondary N) is 2. The van der Waals surface area contributed by atoms with Crippen molar-refractivity contribution in [2.45, 2.75) is 25.9 Å². The molecule has 1 atom stereocenters. The van der Waals surface area contributed by atoms with E-state index < -0.39 is 0 Å². The summed E-state index contributed by atoms with van der Waals surface area (Å²) < 4.78 is 7.34.